The van der Waals surface area contributed by atoms with Crippen molar-refractivity contribution in [3.63, 3.8) is 0 Å². The van der Waals surface area contributed by atoms with Gasteiger partial charge in [-0.3, -0.25) is 9.10 Å². The molecule has 4 aliphatic carbocycles. The van der Waals surface area contributed by atoms with Crippen LogP contribution < -0.4 is 14.4 Å². The number of sulfonamides is 1. The van der Waals surface area contributed by atoms with Crippen molar-refractivity contribution in [2.45, 2.75) is 63.9 Å². The second-order valence-corrected chi connectivity index (χ2v) is 13.2. The molecule has 4 aliphatic rings. The summed E-state index contributed by atoms with van der Waals surface area (Å²) in [5, 5.41) is 2.80. The average Bonchev–Trinajstić information content (AvgIpc) is 2.76. The van der Waals surface area contributed by atoms with Gasteiger partial charge in [-0.05, 0) is 105 Å². The van der Waals surface area contributed by atoms with Crippen LogP contribution in [0, 0.1) is 17.8 Å². The molecule has 0 aromatic heterocycles. The fourth-order valence-corrected chi connectivity index (χ4v) is 7.95. The van der Waals surface area contributed by atoms with E-state index >= 15 is 0 Å². The molecule has 0 saturated heterocycles. The molecule has 188 valence electrons. The monoisotopic (exact) mass is 496 g/mol. The van der Waals surface area contributed by atoms with Crippen molar-refractivity contribution in [1.29, 1.82) is 0 Å². The zero-order chi connectivity index (χ0) is 24.8. The van der Waals surface area contributed by atoms with Gasteiger partial charge in [-0.1, -0.05) is 18.2 Å². The number of anilines is 2. The third-order valence-electron chi connectivity index (χ3n) is 7.98. The number of nitrogens with one attached hydrogen (secondary N) is 1. The van der Waals surface area contributed by atoms with E-state index in [0.717, 1.165) is 24.0 Å². The van der Waals surface area contributed by atoms with E-state index in [1.165, 1.54) is 48.4 Å². The highest BCUT2D eigenvalue weighted by Crippen LogP contribution is 2.60. The molecular formula is C28H36N2O4S. The van der Waals surface area contributed by atoms with Crippen molar-refractivity contribution in [2.24, 2.45) is 17.8 Å². The molecule has 1 N–H and O–H groups in total. The van der Waals surface area contributed by atoms with Crippen LogP contribution in [0.2, 0.25) is 0 Å². The van der Waals surface area contributed by atoms with E-state index in [1.807, 2.05) is 32.0 Å². The Morgan fingerprint density at radius 1 is 1.03 bits per heavy atom. The quantitative estimate of drug-likeness (QED) is 0.535. The minimum Gasteiger partial charge on any atom is -0.491 e. The fourth-order valence-electron chi connectivity index (χ4n) is 7.10. The number of nitrogens with zero attached hydrogens (tertiary/aromatic N) is 1. The molecule has 0 spiro atoms. The fraction of sp³-hybridized carbons (Fsp3) is 0.536. The maximum atomic E-state index is 12.8. The second kappa shape index (κ2) is 9.16. The summed E-state index contributed by atoms with van der Waals surface area (Å²) in [6.45, 7) is 3.58. The SMILES string of the molecule is CC(C)Oc1cccc(NC(=O)CN(c2ccc(C34CC5CC(CC(C5)C3)C4)cc2)S(C)(=O)=O)c1. The van der Waals surface area contributed by atoms with E-state index in [9.17, 15) is 13.2 Å². The van der Waals surface area contributed by atoms with Crippen LogP contribution in [-0.2, 0) is 20.2 Å². The molecule has 0 heterocycles. The van der Waals surface area contributed by atoms with Gasteiger partial charge in [0.1, 0.15) is 12.3 Å². The van der Waals surface area contributed by atoms with Crippen molar-refractivity contribution in [3.8, 4) is 5.75 Å². The molecule has 1 amide bonds. The van der Waals surface area contributed by atoms with E-state index < -0.39 is 15.9 Å². The highest BCUT2D eigenvalue weighted by atomic mass is 32.2. The lowest BCUT2D eigenvalue weighted by Crippen LogP contribution is -2.48. The van der Waals surface area contributed by atoms with Crippen molar-refractivity contribution in [3.05, 3.63) is 54.1 Å². The Hall–Kier alpha value is -2.54. The van der Waals surface area contributed by atoms with Gasteiger partial charge in [0.05, 0.1) is 18.0 Å². The van der Waals surface area contributed by atoms with Crippen LogP contribution in [0.1, 0.15) is 57.9 Å². The average molecular weight is 497 g/mol. The largest absolute Gasteiger partial charge is 0.491 e. The molecule has 7 heteroatoms. The first kappa shape index (κ1) is 24.2. The highest BCUT2D eigenvalue weighted by Gasteiger charge is 2.51. The van der Waals surface area contributed by atoms with Crippen LogP contribution in [-0.4, -0.2) is 33.2 Å². The Bertz CT molecular complexity index is 1150. The molecule has 0 radical (unpaired) electrons. The Labute approximate surface area is 209 Å². The molecule has 6 rings (SSSR count). The van der Waals surface area contributed by atoms with E-state index in [0.29, 0.717) is 17.1 Å². The van der Waals surface area contributed by atoms with Crippen LogP contribution in [0.5, 0.6) is 5.75 Å². The Morgan fingerprint density at radius 3 is 2.17 bits per heavy atom. The van der Waals surface area contributed by atoms with Gasteiger partial charge in [-0.15, -0.1) is 0 Å². The molecule has 0 unspecified atom stereocenters. The molecular weight excluding hydrogens is 460 g/mol. The van der Waals surface area contributed by atoms with Gasteiger partial charge in [-0.2, -0.15) is 0 Å². The zero-order valence-corrected chi connectivity index (χ0v) is 21.7. The number of hydrogen-bond acceptors (Lipinski definition) is 4. The number of carbonyl (C=O) groups is 1. The van der Waals surface area contributed by atoms with Crippen LogP contribution in [0.25, 0.3) is 0 Å². The molecule has 0 atom stereocenters. The molecule has 0 aliphatic heterocycles. The lowest BCUT2D eigenvalue weighted by atomic mass is 9.48. The molecule has 2 aromatic rings. The number of carbonyl (C=O) groups excluding carboxylic acids is 1. The summed E-state index contributed by atoms with van der Waals surface area (Å²) >= 11 is 0. The lowest BCUT2D eigenvalue weighted by molar-refractivity contribution is -0.114. The minimum absolute atomic E-state index is 0.0167. The summed E-state index contributed by atoms with van der Waals surface area (Å²) in [5.74, 6) is 2.80. The first-order valence-corrected chi connectivity index (χ1v) is 14.6. The first-order valence-electron chi connectivity index (χ1n) is 12.7. The Morgan fingerprint density at radius 2 is 1.63 bits per heavy atom. The maximum absolute atomic E-state index is 12.8. The highest BCUT2D eigenvalue weighted by molar-refractivity contribution is 7.92. The van der Waals surface area contributed by atoms with Crippen LogP contribution in [0.3, 0.4) is 0 Å². The zero-order valence-electron chi connectivity index (χ0n) is 20.9. The van der Waals surface area contributed by atoms with Gasteiger partial charge in [0.25, 0.3) is 0 Å². The number of hydrogen-bond donors (Lipinski definition) is 1. The number of benzene rings is 2. The predicted molar refractivity (Wildman–Crippen MR) is 139 cm³/mol. The smallest absolute Gasteiger partial charge is 0.245 e. The van der Waals surface area contributed by atoms with E-state index in [-0.39, 0.29) is 18.1 Å². The van der Waals surface area contributed by atoms with Gasteiger partial charge in [-0.25, -0.2) is 8.42 Å². The first-order chi connectivity index (χ1) is 16.6. The third kappa shape index (κ3) is 5.20. The second-order valence-electron chi connectivity index (χ2n) is 11.3. The number of ether oxygens (including phenoxy) is 1. The van der Waals surface area contributed by atoms with Crippen LogP contribution in [0.4, 0.5) is 11.4 Å². The summed E-state index contributed by atoms with van der Waals surface area (Å²) in [4.78, 5) is 12.8. The van der Waals surface area contributed by atoms with Gasteiger partial charge < -0.3 is 10.1 Å². The van der Waals surface area contributed by atoms with Crippen molar-refractivity contribution < 1.29 is 17.9 Å². The minimum atomic E-state index is -3.64. The van der Waals surface area contributed by atoms with E-state index in [1.54, 1.807) is 18.2 Å². The molecule has 6 nitrogen and oxygen atoms in total. The van der Waals surface area contributed by atoms with E-state index in [2.05, 4.69) is 17.4 Å². The Kier molecular flexibility index (Phi) is 6.32. The van der Waals surface area contributed by atoms with Gasteiger partial charge in [0, 0.05) is 11.8 Å². The van der Waals surface area contributed by atoms with Gasteiger partial charge >= 0.3 is 0 Å². The Balaban J connectivity index is 1.31. The number of rotatable bonds is 8. The van der Waals surface area contributed by atoms with Crippen LogP contribution >= 0.6 is 0 Å². The molecule has 35 heavy (non-hydrogen) atoms. The topological polar surface area (TPSA) is 75.7 Å². The third-order valence-corrected chi connectivity index (χ3v) is 9.12. The summed E-state index contributed by atoms with van der Waals surface area (Å²) in [6.07, 6.45) is 9.11. The summed E-state index contributed by atoms with van der Waals surface area (Å²) in [6, 6.07) is 15.1. The summed E-state index contributed by atoms with van der Waals surface area (Å²) in [7, 11) is -3.64. The normalized spacial score (nSPS) is 27.1. The van der Waals surface area contributed by atoms with Crippen molar-refractivity contribution >= 4 is 27.3 Å². The summed E-state index contributed by atoms with van der Waals surface area (Å²) < 4.78 is 32.1. The van der Waals surface area contributed by atoms with Crippen LogP contribution in [0.15, 0.2) is 48.5 Å². The lowest BCUT2D eigenvalue weighted by Gasteiger charge is -2.57. The van der Waals surface area contributed by atoms with Crippen molar-refractivity contribution in [2.75, 3.05) is 22.4 Å². The standard InChI is InChI=1S/C28H36N2O4S/c1-19(2)34-26-6-4-5-24(14-26)29-27(31)18-30(35(3,32)33)25-9-7-23(8-10-25)28-15-20-11-21(16-28)13-22(12-20)17-28/h4-10,14,19-22H,11-13,15-18H2,1-3H3,(H,29,31). The predicted octanol–water partition coefficient (Wildman–Crippen LogP) is 5.35. The van der Waals surface area contributed by atoms with Gasteiger partial charge in [0.15, 0.2) is 0 Å². The number of amides is 1. The molecule has 4 fully saturated rings. The molecule has 4 bridgehead atoms. The molecule has 2 aromatic carbocycles. The van der Waals surface area contributed by atoms with E-state index in [4.69, 9.17) is 4.74 Å². The summed E-state index contributed by atoms with van der Waals surface area (Å²) in [5.41, 5.74) is 2.68. The maximum Gasteiger partial charge on any atom is 0.245 e. The van der Waals surface area contributed by atoms with Crippen molar-refractivity contribution in [1.82, 2.24) is 0 Å². The molecule has 4 saturated carbocycles. The van der Waals surface area contributed by atoms with Gasteiger partial charge in [0.2, 0.25) is 15.9 Å².